The first-order valence-corrected chi connectivity index (χ1v) is 14.4. The lowest BCUT2D eigenvalue weighted by Crippen LogP contribution is -2.20. The van der Waals surface area contributed by atoms with Crippen LogP contribution in [0, 0.1) is 0 Å². The predicted molar refractivity (Wildman–Crippen MR) is 159 cm³/mol. The fourth-order valence-electron chi connectivity index (χ4n) is 5.44. The second kappa shape index (κ2) is 13.0. The SMILES string of the molecule is CC/C(F)=C(F)\C=C/C(C)n1c2cc(=NC3CCCCCCC3)c(Nc3cccnc3)cc-2nc2ccccc21. The molecule has 1 aromatic carbocycles. The van der Waals surface area contributed by atoms with Crippen molar-refractivity contribution in [1.82, 2.24) is 14.5 Å². The van der Waals surface area contributed by atoms with Crippen LogP contribution in [0.5, 0.6) is 0 Å². The van der Waals surface area contributed by atoms with Gasteiger partial charge in [0.2, 0.25) is 0 Å². The van der Waals surface area contributed by atoms with E-state index in [9.17, 15) is 8.78 Å². The van der Waals surface area contributed by atoms with Gasteiger partial charge in [-0.15, -0.1) is 0 Å². The zero-order valence-electron chi connectivity index (χ0n) is 23.3. The molecule has 0 spiro atoms. The maximum Gasteiger partial charge on any atom is 0.154 e. The van der Waals surface area contributed by atoms with Crippen molar-refractivity contribution in [3.8, 4) is 11.4 Å². The van der Waals surface area contributed by atoms with Crippen molar-refractivity contribution in [2.24, 2.45) is 4.99 Å². The van der Waals surface area contributed by atoms with Crippen LogP contribution >= 0.6 is 0 Å². The predicted octanol–water partition coefficient (Wildman–Crippen LogP) is 8.97. The molecular weight excluding hydrogens is 504 g/mol. The van der Waals surface area contributed by atoms with E-state index in [1.54, 1.807) is 25.4 Å². The van der Waals surface area contributed by atoms with Gasteiger partial charge in [0, 0.05) is 12.2 Å². The molecular formula is C33H37F2N5. The molecule has 1 saturated carbocycles. The molecule has 0 saturated heterocycles. The molecule has 40 heavy (non-hydrogen) atoms. The molecule has 1 N–H and O–H groups in total. The summed E-state index contributed by atoms with van der Waals surface area (Å²) < 4.78 is 30.3. The number of hydrogen-bond acceptors (Lipinski definition) is 4. The Hall–Kier alpha value is -3.87. The maximum atomic E-state index is 14.3. The molecule has 5 rings (SSSR count). The van der Waals surface area contributed by atoms with Crippen LogP contribution in [-0.2, 0) is 0 Å². The van der Waals surface area contributed by atoms with E-state index >= 15 is 0 Å². The van der Waals surface area contributed by atoms with Crippen molar-refractivity contribution in [2.45, 2.75) is 77.3 Å². The molecule has 0 radical (unpaired) electrons. The van der Waals surface area contributed by atoms with Crippen molar-refractivity contribution in [3.63, 3.8) is 0 Å². The number of nitrogens with one attached hydrogen (secondary N) is 1. The van der Waals surface area contributed by atoms with Gasteiger partial charge in [0.15, 0.2) is 5.83 Å². The smallest absolute Gasteiger partial charge is 0.154 e. The van der Waals surface area contributed by atoms with Crippen molar-refractivity contribution >= 4 is 22.4 Å². The van der Waals surface area contributed by atoms with E-state index in [1.807, 2.05) is 49.4 Å². The minimum atomic E-state index is -0.833. The standard InChI is InChI=1S/C33H37F2N5/c1-3-26(34)27(35)18-17-23(2)40-32-16-10-9-15-28(32)39-31-20-29(38-25-14-11-19-36-22-25)30(21-33(31)40)37-24-12-7-5-4-6-8-13-24/h9-11,14-24,38H,3-8,12-13H2,1-2H3/b18-17-,27-26-,37-30?. The van der Waals surface area contributed by atoms with Crippen LogP contribution < -0.4 is 10.7 Å². The lowest BCUT2D eigenvalue weighted by molar-refractivity contribution is 0.450. The van der Waals surface area contributed by atoms with Gasteiger partial charge in [0.05, 0.1) is 51.4 Å². The van der Waals surface area contributed by atoms with Crippen molar-refractivity contribution in [1.29, 1.82) is 0 Å². The van der Waals surface area contributed by atoms with Crippen molar-refractivity contribution in [2.75, 3.05) is 5.32 Å². The van der Waals surface area contributed by atoms with E-state index in [1.165, 1.54) is 38.2 Å². The van der Waals surface area contributed by atoms with Gasteiger partial charge in [0.1, 0.15) is 5.83 Å². The van der Waals surface area contributed by atoms with E-state index in [4.69, 9.17) is 9.98 Å². The zero-order valence-corrected chi connectivity index (χ0v) is 23.3. The summed E-state index contributed by atoms with van der Waals surface area (Å²) in [5.41, 5.74) is 5.16. The third kappa shape index (κ3) is 6.46. The molecule has 2 heterocycles. The van der Waals surface area contributed by atoms with Crippen LogP contribution in [0.3, 0.4) is 0 Å². The number of halogens is 2. The number of nitrogens with zero attached hydrogens (tertiary/aromatic N) is 4. The van der Waals surface area contributed by atoms with Crippen LogP contribution in [0.1, 0.15) is 71.3 Å². The van der Waals surface area contributed by atoms with E-state index in [2.05, 4.69) is 20.9 Å². The Morgan fingerprint density at radius 1 is 1.07 bits per heavy atom. The van der Waals surface area contributed by atoms with E-state index in [0.29, 0.717) is 0 Å². The van der Waals surface area contributed by atoms with Gasteiger partial charge in [-0.05, 0) is 68.7 Å². The highest BCUT2D eigenvalue weighted by Gasteiger charge is 2.19. The highest BCUT2D eigenvalue weighted by atomic mass is 19.2. The van der Waals surface area contributed by atoms with Crippen LogP contribution in [0.15, 0.2) is 89.7 Å². The number of rotatable bonds is 7. The number of pyridine rings is 1. The van der Waals surface area contributed by atoms with E-state index in [0.717, 1.165) is 52.0 Å². The van der Waals surface area contributed by atoms with Gasteiger partial charge >= 0.3 is 0 Å². The topological polar surface area (TPSA) is 55.1 Å². The van der Waals surface area contributed by atoms with Crippen LogP contribution in [0.25, 0.3) is 22.4 Å². The number of benzene rings is 2. The molecule has 1 aromatic heterocycles. The third-order valence-electron chi connectivity index (χ3n) is 7.57. The number of allylic oxidation sites excluding steroid dienone is 4. The molecule has 0 amide bonds. The first-order chi connectivity index (χ1) is 19.5. The lowest BCUT2D eigenvalue weighted by atomic mass is 9.97. The van der Waals surface area contributed by atoms with Gasteiger partial charge < -0.3 is 9.88 Å². The summed E-state index contributed by atoms with van der Waals surface area (Å²) in [6.07, 6.45) is 14.9. The minimum absolute atomic E-state index is 0.0254. The van der Waals surface area contributed by atoms with Gasteiger partial charge in [-0.3, -0.25) is 9.98 Å². The summed E-state index contributed by atoms with van der Waals surface area (Å²) in [5, 5.41) is 4.39. The van der Waals surface area contributed by atoms with Crippen LogP contribution in [-0.4, -0.2) is 20.6 Å². The Labute approximate surface area is 234 Å². The average molecular weight is 542 g/mol. The highest BCUT2D eigenvalue weighted by molar-refractivity contribution is 5.82. The summed E-state index contributed by atoms with van der Waals surface area (Å²) in [6, 6.07) is 15.9. The Morgan fingerprint density at radius 3 is 2.60 bits per heavy atom. The van der Waals surface area contributed by atoms with Gasteiger partial charge in [-0.2, -0.15) is 0 Å². The van der Waals surface area contributed by atoms with Crippen LogP contribution in [0.2, 0.25) is 0 Å². The second-order valence-corrected chi connectivity index (χ2v) is 10.5. The lowest BCUT2D eigenvalue weighted by Gasteiger charge is -2.24. The number of anilines is 2. The molecule has 1 fully saturated rings. The summed E-state index contributed by atoms with van der Waals surface area (Å²) in [5.74, 6) is -1.58. The summed E-state index contributed by atoms with van der Waals surface area (Å²) in [4.78, 5) is 14.5. The van der Waals surface area contributed by atoms with Crippen molar-refractivity contribution in [3.05, 3.63) is 90.1 Å². The van der Waals surface area contributed by atoms with E-state index in [-0.39, 0.29) is 18.5 Å². The maximum absolute atomic E-state index is 14.3. The molecule has 208 valence electrons. The minimum Gasteiger partial charge on any atom is -0.352 e. The fraction of sp³-hybridized carbons (Fsp3) is 0.364. The molecule has 2 aliphatic carbocycles. The quantitative estimate of drug-likeness (QED) is 0.188. The number of aromatic nitrogens is 3. The molecule has 7 heteroatoms. The first-order valence-electron chi connectivity index (χ1n) is 14.4. The molecule has 3 aliphatic rings. The Kier molecular flexibility index (Phi) is 8.99. The Morgan fingerprint density at radius 2 is 1.85 bits per heavy atom. The highest BCUT2D eigenvalue weighted by Crippen LogP contribution is 2.31. The largest absolute Gasteiger partial charge is 0.352 e. The summed E-state index contributed by atoms with van der Waals surface area (Å²) in [6.45, 7) is 3.58. The number of para-hydroxylation sites is 2. The Bertz CT molecular complexity index is 1530. The monoisotopic (exact) mass is 541 g/mol. The molecule has 5 nitrogen and oxygen atoms in total. The van der Waals surface area contributed by atoms with Crippen molar-refractivity contribution < 1.29 is 8.78 Å². The second-order valence-electron chi connectivity index (χ2n) is 10.5. The molecule has 2 aromatic rings. The zero-order chi connectivity index (χ0) is 27.9. The van der Waals surface area contributed by atoms with Gasteiger partial charge in [-0.1, -0.05) is 57.2 Å². The molecule has 0 bridgehead atoms. The van der Waals surface area contributed by atoms with E-state index < -0.39 is 11.7 Å². The number of fused-ring (bicyclic) bond motifs is 2. The molecule has 1 unspecified atom stereocenters. The fourth-order valence-corrected chi connectivity index (χ4v) is 5.44. The van der Waals surface area contributed by atoms with Gasteiger partial charge in [-0.25, -0.2) is 13.8 Å². The first kappa shape index (κ1) is 27.7. The normalized spacial score (nSPS) is 17.1. The summed E-state index contributed by atoms with van der Waals surface area (Å²) >= 11 is 0. The van der Waals surface area contributed by atoms with Crippen LogP contribution in [0.4, 0.5) is 20.2 Å². The summed E-state index contributed by atoms with van der Waals surface area (Å²) in [7, 11) is 0. The van der Waals surface area contributed by atoms with Gasteiger partial charge in [0.25, 0.3) is 0 Å². The molecule has 1 atom stereocenters. The third-order valence-corrected chi connectivity index (χ3v) is 7.57. The Balaban J connectivity index is 1.70. The molecule has 1 aliphatic heterocycles. The average Bonchev–Trinajstić information content (AvgIpc) is 2.96. The number of hydrogen-bond donors (Lipinski definition) is 1.